The van der Waals surface area contributed by atoms with Crippen LogP contribution >= 0.6 is 0 Å². The summed E-state index contributed by atoms with van der Waals surface area (Å²) in [6, 6.07) is 4.20. The van der Waals surface area contributed by atoms with E-state index >= 15 is 0 Å². The average molecular weight is 390 g/mol. The fourth-order valence-electron chi connectivity index (χ4n) is 4.22. The number of ether oxygens (including phenoxy) is 2. The predicted octanol–water partition coefficient (Wildman–Crippen LogP) is 4.38. The minimum absolute atomic E-state index is 0.212. The number of hydrogen-bond acceptors (Lipinski definition) is 5. The molecule has 0 aliphatic carbocycles. The Labute approximate surface area is 169 Å². The van der Waals surface area contributed by atoms with Crippen LogP contribution in [0.2, 0.25) is 0 Å². The molecule has 0 atom stereocenters. The molecule has 6 heteroatoms. The van der Waals surface area contributed by atoms with Crippen molar-refractivity contribution in [1.29, 1.82) is 0 Å². The number of amides is 1. The van der Waals surface area contributed by atoms with Crippen LogP contribution in [0.1, 0.15) is 64.4 Å². The van der Waals surface area contributed by atoms with Gasteiger partial charge in [-0.25, -0.2) is 4.79 Å². The molecule has 2 N–H and O–H groups in total. The zero-order valence-electron chi connectivity index (χ0n) is 17.8. The van der Waals surface area contributed by atoms with E-state index in [0.717, 1.165) is 31.7 Å². The number of hydrogen-bond donors (Lipinski definition) is 1. The van der Waals surface area contributed by atoms with Gasteiger partial charge in [-0.1, -0.05) is 0 Å². The van der Waals surface area contributed by atoms with Gasteiger partial charge in [0.05, 0.1) is 12.8 Å². The summed E-state index contributed by atoms with van der Waals surface area (Å²) in [4.78, 5) is 16.7. The Kier molecular flexibility index (Phi) is 6.26. The summed E-state index contributed by atoms with van der Waals surface area (Å²) in [5, 5.41) is 0. The molecule has 2 saturated heterocycles. The number of benzene rings is 1. The van der Waals surface area contributed by atoms with E-state index in [1.165, 1.54) is 30.5 Å². The van der Waals surface area contributed by atoms with Crippen LogP contribution in [0.15, 0.2) is 12.1 Å². The first-order valence-corrected chi connectivity index (χ1v) is 10.5. The maximum Gasteiger partial charge on any atom is 0.410 e. The number of piperidine rings is 2. The second-order valence-electron chi connectivity index (χ2n) is 8.94. The van der Waals surface area contributed by atoms with Crippen molar-refractivity contribution in [3.8, 4) is 5.75 Å². The normalized spacial score (nSPS) is 18.9. The molecule has 1 aromatic carbocycles. The van der Waals surface area contributed by atoms with E-state index in [0.29, 0.717) is 24.7 Å². The predicted molar refractivity (Wildman–Crippen MR) is 113 cm³/mol. The molecule has 28 heavy (non-hydrogen) atoms. The van der Waals surface area contributed by atoms with Crippen molar-refractivity contribution in [2.45, 2.75) is 64.4 Å². The molecule has 2 aliphatic rings. The van der Waals surface area contributed by atoms with E-state index in [1.54, 1.807) is 7.11 Å². The van der Waals surface area contributed by atoms with Gasteiger partial charge in [-0.2, -0.15) is 0 Å². The third-order valence-electron chi connectivity index (χ3n) is 5.66. The first kappa shape index (κ1) is 20.6. The second-order valence-corrected chi connectivity index (χ2v) is 8.94. The van der Waals surface area contributed by atoms with Crippen molar-refractivity contribution in [1.82, 2.24) is 4.90 Å². The van der Waals surface area contributed by atoms with Crippen LogP contribution in [0, 0.1) is 0 Å². The quantitative estimate of drug-likeness (QED) is 0.777. The molecular weight excluding hydrogens is 354 g/mol. The molecule has 0 spiro atoms. The highest BCUT2D eigenvalue weighted by molar-refractivity contribution is 5.69. The van der Waals surface area contributed by atoms with Crippen molar-refractivity contribution in [2.24, 2.45) is 0 Å². The molecule has 6 nitrogen and oxygen atoms in total. The second kappa shape index (κ2) is 8.50. The molecule has 0 bridgehead atoms. The van der Waals surface area contributed by atoms with Gasteiger partial charge in [-0.05, 0) is 70.4 Å². The van der Waals surface area contributed by atoms with E-state index in [1.807, 2.05) is 25.7 Å². The van der Waals surface area contributed by atoms with Gasteiger partial charge in [0.25, 0.3) is 0 Å². The lowest BCUT2D eigenvalue weighted by Crippen LogP contribution is -2.41. The number of methoxy groups -OCH3 is 1. The van der Waals surface area contributed by atoms with Crippen LogP contribution in [0.5, 0.6) is 5.75 Å². The van der Waals surface area contributed by atoms with Gasteiger partial charge >= 0.3 is 6.09 Å². The lowest BCUT2D eigenvalue weighted by Gasteiger charge is -2.37. The monoisotopic (exact) mass is 389 g/mol. The molecule has 3 rings (SSSR count). The van der Waals surface area contributed by atoms with Crippen LogP contribution in [-0.2, 0) is 4.74 Å². The maximum atomic E-state index is 12.4. The van der Waals surface area contributed by atoms with Crippen molar-refractivity contribution in [2.75, 3.05) is 43.9 Å². The highest BCUT2D eigenvalue weighted by atomic mass is 16.6. The third kappa shape index (κ3) is 4.83. The van der Waals surface area contributed by atoms with Crippen LogP contribution in [0.3, 0.4) is 0 Å². The summed E-state index contributed by atoms with van der Waals surface area (Å²) < 4.78 is 11.0. The number of nitrogens with zero attached hydrogens (tertiary/aromatic N) is 2. The Morgan fingerprint density at radius 1 is 1.07 bits per heavy atom. The number of likely N-dealkylation sites (tertiary alicyclic amines) is 1. The van der Waals surface area contributed by atoms with Crippen LogP contribution in [0.4, 0.5) is 16.2 Å². The fourth-order valence-corrected chi connectivity index (χ4v) is 4.22. The van der Waals surface area contributed by atoms with E-state index in [2.05, 4.69) is 17.0 Å². The van der Waals surface area contributed by atoms with Gasteiger partial charge in [0, 0.05) is 37.9 Å². The Bertz CT molecular complexity index is 685. The number of nitrogens with two attached hydrogens (primary N) is 1. The summed E-state index contributed by atoms with van der Waals surface area (Å²) >= 11 is 0. The van der Waals surface area contributed by atoms with Crippen LogP contribution in [0.25, 0.3) is 0 Å². The zero-order chi connectivity index (χ0) is 20.3. The van der Waals surface area contributed by atoms with Gasteiger partial charge in [-0.3, -0.25) is 0 Å². The van der Waals surface area contributed by atoms with E-state index in [-0.39, 0.29) is 6.09 Å². The van der Waals surface area contributed by atoms with Gasteiger partial charge < -0.3 is 25.0 Å². The highest BCUT2D eigenvalue weighted by Gasteiger charge is 2.30. The number of anilines is 2. The molecular formula is C22H35N3O3. The van der Waals surface area contributed by atoms with E-state index in [9.17, 15) is 4.79 Å². The summed E-state index contributed by atoms with van der Waals surface area (Å²) in [6.45, 7) is 9.30. The third-order valence-corrected chi connectivity index (χ3v) is 5.66. The molecule has 2 fully saturated rings. The molecule has 1 amide bonds. The van der Waals surface area contributed by atoms with Crippen LogP contribution < -0.4 is 15.4 Å². The van der Waals surface area contributed by atoms with Crippen molar-refractivity contribution < 1.29 is 14.3 Å². The van der Waals surface area contributed by atoms with Crippen molar-refractivity contribution in [3.05, 3.63) is 17.7 Å². The summed E-state index contributed by atoms with van der Waals surface area (Å²) in [5.74, 6) is 1.14. The van der Waals surface area contributed by atoms with Gasteiger partial charge in [0.2, 0.25) is 0 Å². The number of carbonyl (C=O) groups is 1. The Balaban J connectivity index is 1.76. The van der Waals surface area contributed by atoms with E-state index in [4.69, 9.17) is 15.2 Å². The minimum atomic E-state index is -0.459. The first-order chi connectivity index (χ1) is 13.3. The molecule has 2 aliphatic heterocycles. The molecule has 0 radical (unpaired) electrons. The Morgan fingerprint density at radius 3 is 2.29 bits per heavy atom. The number of carbonyl (C=O) groups excluding carboxylic acids is 1. The minimum Gasteiger partial charge on any atom is -0.495 e. The van der Waals surface area contributed by atoms with Crippen LogP contribution in [-0.4, -0.2) is 49.9 Å². The molecule has 1 aromatic rings. The lowest BCUT2D eigenvalue weighted by molar-refractivity contribution is 0.0205. The average Bonchev–Trinajstić information content (AvgIpc) is 2.67. The zero-order valence-corrected chi connectivity index (χ0v) is 17.8. The summed E-state index contributed by atoms with van der Waals surface area (Å²) in [5.41, 5.74) is 9.03. The molecule has 0 unspecified atom stereocenters. The lowest BCUT2D eigenvalue weighted by atomic mass is 9.87. The van der Waals surface area contributed by atoms with Gasteiger partial charge in [0.15, 0.2) is 0 Å². The molecule has 156 valence electrons. The topological polar surface area (TPSA) is 68.0 Å². The number of rotatable bonds is 3. The first-order valence-electron chi connectivity index (χ1n) is 10.5. The molecule has 0 saturated carbocycles. The standard InChI is InChI=1S/C22H35N3O3/c1-22(2,3)28-21(26)25-12-8-16(9-13-25)17-14-18(23)20(27-4)15-19(17)24-10-6-5-7-11-24/h14-16H,5-13,23H2,1-4H3. The molecule has 2 heterocycles. The van der Waals surface area contributed by atoms with Gasteiger partial charge in [-0.15, -0.1) is 0 Å². The SMILES string of the molecule is COc1cc(N2CCCCC2)c(C2CCN(C(=O)OC(C)(C)C)CC2)cc1N. The largest absolute Gasteiger partial charge is 0.495 e. The Morgan fingerprint density at radius 2 is 1.71 bits per heavy atom. The van der Waals surface area contributed by atoms with Gasteiger partial charge in [0.1, 0.15) is 11.4 Å². The van der Waals surface area contributed by atoms with E-state index < -0.39 is 5.60 Å². The van der Waals surface area contributed by atoms with Crippen molar-refractivity contribution >= 4 is 17.5 Å². The smallest absolute Gasteiger partial charge is 0.410 e. The van der Waals surface area contributed by atoms with Crippen molar-refractivity contribution in [3.63, 3.8) is 0 Å². The number of nitrogen functional groups attached to an aromatic ring is 1. The molecule has 0 aromatic heterocycles. The summed E-state index contributed by atoms with van der Waals surface area (Å²) in [6.07, 6.45) is 5.38. The maximum absolute atomic E-state index is 12.4. The highest BCUT2D eigenvalue weighted by Crippen LogP contribution is 2.40. The Hall–Kier alpha value is -2.11. The summed E-state index contributed by atoms with van der Waals surface area (Å²) in [7, 11) is 1.67. The fraction of sp³-hybridized carbons (Fsp3) is 0.682.